The number of carbonyl (C=O) groups is 1. The van der Waals surface area contributed by atoms with E-state index in [0.717, 1.165) is 37.4 Å². The zero-order valence-electron chi connectivity index (χ0n) is 14.1. The maximum atomic E-state index is 12.6. The number of amides is 1. The number of likely N-dealkylation sites (tertiary alicyclic amines) is 1. The van der Waals surface area contributed by atoms with Gasteiger partial charge in [0.25, 0.3) is 0 Å². The van der Waals surface area contributed by atoms with E-state index in [0.29, 0.717) is 6.61 Å². The Balaban J connectivity index is 1.61. The number of carbonyl (C=O) groups excluding carboxylic acids is 1. The van der Waals surface area contributed by atoms with E-state index in [1.54, 1.807) is 0 Å². The minimum Gasteiger partial charge on any atom is -0.494 e. The molecule has 4 heteroatoms. The van der Waals surface area contributed by atoms with Crippen molar-refractivity contribution in [1.29, 1.82) is 0 Å². The lowest BCUT2D eigenvalue weighted by molar-refractivity contribution is -0.120. The molecule has 0 aromatic heterocycles. The Bertz CT molecular complexity index is 655. The fourth-order valence-corrected chi connectivity index (χ4v) is 3.16. The first-order chi connectivity index (χ1) is 11.8. The van der Waals surface area contributed by atoms with Crippen molar-refractivity contribution in [2.24, 2.45) is 0 Å². The maximum absolute atomic E-state index is 12.6. The molecule has 24 heavy (non-hydrogen) atoms. The van der Waals surface area contributed by atoms with Crippen molar-refractivity contribution >= 4 is 11.6 Å². The van der Waals surface area contributed by atoms with Crippen molar-refractivity contribution in [1.82, 2.24) is 4.90 Å². The average molecular weight is 324 g/mol. The highest BCUT2D eigenvalue weighted by molar-refractivity contribution is 5.95. The minimum atomic E-state index is -0.0585. The van der Waals surface area contributed by atoms with Crippen molar-refractivity contribution in [3.63, 3.8) is 0 Å². The molecule has 1 atom stereocenters. The third-order valence-electron chi connectivity index (χ3n) is 4.33. The fraction of sp³-hybridized carbons (Fsp3) is 0.350. The highest BCUT2D eigenvalue weighted by atomic mass is 16.5. The monoisotopic (exact) mass is 324 g/mol. The molecule has 3 rings (SSSR count). The van der Waals surface area contributed by atoms with Crippen LogP contribution in [0.4, 0.5) is 5.69 Å². The molecule has 1 heterocycles. The van der Waals surface area contributed by atoms with Crippen LogP contribution in [0.2, 0.25) is 0 Å². The number of ether oxygens (including phenoxy) is 1. The van der Waals surface area contributed by atoms with Gasteiger partial charge in [0.2, 0.25) is 5.91 Å². The van der Waals surface area contributed by atoms with Crippen molar-refractivity contribution in [2.75, 3.05) is 18.5 Å². The van der Waals surface area contributed by atoms with Crippen LogP contribution in [0.3, 0.4) is 0 Å². The van der Waals surface area contributed by atoms with Gasteiger partial charge in [-0.2, -0.15) is 0 Å². The van der Waals surface area contributed by atoms with Crippen LogP contribution >= 0.6 is 0 Å². The van der Waals surface area contributed by atoms with Crippen molar-refractivity contribution in [3.05, 3.63) is 60.2 Å². The van der Waals surface area contributed by atoms with Gasteiger partial charge in [0.1, 0.15) is 5.75 Å². The number of hydrogen-bond donors (Lipinski definition) is 1. The van der Waals surface area contributed by atoms with Gasteiger partial charge in [-0.1, -0.05) is 30.3 Å². The number of nitrogens with zero attached hydrogens (tertiary/aromatic N) is 1. The summed E-state index contributed by atoms with van der Waals surface area (Å²) in [4.78, 5) is 14.9. The molecule has 0 saturated carbocycles. The van der Waals surface area contributed by atoms with Gasteiger partial charge in [-0.05, 0) is 56.1 Å². The summed E-state index contributed by atoms with van der Waals surface area (Å²) in [6.07, 6.45) is 1.98. The van der Waals surface area contributed by atoms with E-state index in [4.69, 9.17) is 4.74 Å². The standard InChI is InChI=1S/C20H24N2O2/c1-2-24-18-12-10-17(11-13-18)21-20(23)19-9-6-14-22(19)15-16-7-4-3-5-8-16/h3-5,7-8,10-13,19H,2,6,9,14-15H2,1H3,(H,21,23). The zero-order chi connectivity index (χ0) is 16.8. The molecule has 0 bridgehead atoms. The second-order valence-electron chi connectivity index (χ2n) is 6.06. The third kappa shape index (κ3) is 4.15. The van der Waals surface area contributed by atoms with Crippen LogP contribution < -0.4 is 10.1 Å². The molecular weight excluding hydrogens is 300 g/mol. The molecule has 0 radical (unpaired) electrons. The largest absolute Gasteiger partial charge is 0.494 e. The highest BCUT2D eigenvalue weighted by Gasteiger charge is 2.30. The molecular formula is C20H24N2O2. The predicted molar refractivity (Wildman–Crippen MR) is 96.1 cm³/mol. The van der Waals surface area contributed by atoms with Gasteiger partial charge in [0, 0.05) is 12.2 Å². The number of hydrogen-bond acceptors (Lipinski definition) is 3. The maximum Gasteiger partial charge on any atom is 0.241 e. The molecule has 1 saturated heterocycles. The third-order valence-corrected chi connectivity index (χ3v) is 4.33. The molecule has 1 aliphatic rings. The Labute approximate surface area is 143 Å². The lowest BCUT2D eigenvalue weighted by Gasteiger charge is -2.23. The molecule has 126 valence electrons. The van der Waals surface area contributed by atoms with E-state index in [2.05, 4.69) is 22.3 Å². The lowest BCUT2D eigenvalue weighted by atomic mass is 10.1. The Morgan fingerprint density at radius 1 is 1.17 bits per heavy atom. The Kier molecular flexibility index (Phi) is 5.49. The summed E-state index contributed by atoms with van der Waals surface area (Å²) in [6.45, 7) is 4.39. The summed E-state index contributed by atoms with van der Waals surface area (Å²) in [5.74, 6) is 0.898. The van der Waals surface area contributed by atoms with Gasteiger partial charge >= 0.3 is 0 Å². The highest BCUT2D eigenvalue weighted by Crippen LogP contribution is 2.22. The quantitative estimate of drug-likeness (QED) is 0.881. The zero-order valence-corrected chi connectivity index (χ0v) is 14.1. The minimum absolute atomic E-state index is 0.0585. The molecule has 2 aromatic carbocycles. The van der Waals surface area contributed by atoms with Gasteiger partial charge in [0.05, 0.1) is 12.6 Å². The van der Waals surface area contributed by atoms with Crippen molar-refractivity contribution in [2.45, 2.75) is 32.4 Å². The van der Waals surface area contributed by atoms with Crippen molar-refractivity contribution in [3.8, 4) is 5.75 Å². The summed E-state index contributed by atoms with van der Waals surface area (Å²) in [7, 11) is 0. The van der Waals surface area contributed by atoms with E-state index in [-0.39, 0.29) is 11.9 Å². The normalized spacial score (nSPS) is 17.6. The van der Waals surface area contributed by atoms with Crippen LogP contribution in [0.25, 0.3) is 0 Å². The van der Waals surface area contributed by atoms with Crippen LogP contribution in [0.15, 0.2) is 54.6 Å². The Morgan fingerprint density at radius 3 is 2.62 bits per heavy atom. The number of benzene rings is 2. The molecule has 1 N–H and O–H groups in total. The first-order valence-corrected chi connectivity index (χ1v) is 8.58. The van der Waals surface area contributed by atoms with E-state index in [9.17, 15) is 4.79 Å². The fourth-order valence-electron chi connectivity index (χ4n) is 3.16. The number of rotatable bonds is 6. The smallest absolute Gasteiger partial charge is 0.241 e. The SMILES string of the molecule is CCOc1ccc(NC(=O)C2CCCN2Cc2ccccc2)cc1. The van der Waals surface area contributed by atoms with Crippen molar-refractivity contribution < 1.29 is 9.53 Å². The summed E-state index contributed by atoms with van der Waals surface area (Å²) >= 11 is 0. The number of anilines is 1. The molecule has 1 fully saturated rings. The molecule has 0 spiro atoms. The second kappa shape index (κ2) is 7.97. The predicted octanol–water partition coefficient (Wildman–Crippen LogP) is 3.69. The Morgan fingerprint density at radius 2 is 1.92 bits per heavy atom. The first-order valence-electron chi connectivity index (χ1n) is 8.58. The topological polar surface area (TPSA) is 41.6 Å². The average Bonchev–Trinajstić information content (AvgIpc) is 3.06. The molecule has 1 unspecified atom stereocenters. The van der Waals surface area contributed by atoms with Gasteiger partial charge in [-0.25, -0.2) is 0 Å². The van der Waals surface area contributed by atoms with E-state index in [1.165, 1.54) is 5.56 Å². The molecule has 4 nitrogen and oxygen atoms in total. The summed E-state index contributed by atoms with van der Waals surface area (Å²) in [5, 5.41) is 3.03. The summed E-state index contributed by atoms with van der Waals surface area (Å²) in [5.41, 5.74) is 2.06. The first kappa shape index (κ1) is 16.5. The molecule has 2 aromatic rings. The molecule has 1 amide bonds. The summed E-state index contributed by atoms with van der Waals surface area (Å²) < 4.78 is 5.43. The van der Waals surface area contributed by atoms with Crippen LogP contribution in [0.5, 0.6) is 5.75 Å². The van der Waals surface area contributed by atoms with Crippen LogP contribution in [0.1, 0.15) is 25.3 Å². The van der Waals surface area contributed by atoms with Crippen LogP contribution in [-0.2, 0) is 11.3 Å². The lowest BCUT2D eigenvalue weighted by Crippen LogP contribution is -2.39. The van der Waals surface area contributed by atoms with Crippen LogP contribution in [-0.4, -0.2) is 30.0 Å². The van der Waals surface area contributed by atoms with Crippen LogP contribution in [0, 0.1) is 0 Å². The second-order valence-corrected chi connectivity index (χ2v) is 6.06. The van der Waals surface area contributed by atoms with E-state index in [1.807, 2.05) is 49.4 Å². The summed E-state index contributed by atoms with van der Waals surface area (Å²) in [6, 6.07) is 17.8. The molecule has 1 aliphatic heterocycles. The van der Waals surface area contributed by atoms with E-state index >= 15 is 0 Å². The van der Waals surface area contributed by atoms with Gasteiger partial charge in [-0.3, -0.25) is 9.69 Å². The van der Waals surface area contributed by atoms with Gasteiger partial charge < -0.3 is 10.1 Å². The Hall–Kier alpha value is -2.33. The molecule has 0 aliphatic carbocycles. The van der Waals surface area contributed by atoms with Gasteiger partial charge in [0.15, 0.2) is 0 Å². The van der Waals surface area contributed by atoms with Gasteiger partial charge in [-0.15, -0.1) is 0 Å². The van der Waals surface area contributed by atoms with E-state index < -0.39 is 0 Å². The number of nitrogens with one attached hydrogen (secondary N) is 1.